The summed E-state index contributed by atoms with van der Waals surface area (Å²) in [6, 6.07) is 11.5. The Bertz CT molecular complexity index is 947. The number of rotatable bonds is 1. The molecule has 1 aromatic heterocycles. The fraction of sp³-hybridized carbons (Fsp3) is 0.520. The number of aryl methyl sites for hydroxylation is 1. The second kappa shape index (κ2) is 9.69. The molecule has 2 aliphatic rings. The lowest BCUT2D eigenvalue weighted by molar-refractivity contribution is 0.0424. The van der Waals surface area contributed by atoms with Crippen LogP contribution >= 0.6 is 0 Å². The zero-order chi connectivity index (χ0) is 21.7. The number of fused-ring (bicyclic) bond motifs is 1. The molecule has 0 radical (unpaired) electrons. The number of aromatic amines is 1. The van der Waals surface area contributed by atoms with E-state index in [9.17, 15) is 9.59 Å². The lowest BCUT2D eigenvalue weighted by atomic mass is 9.73. The van der Waals surface area contributed by atoms with Gasteiger partial charge in [-0.1, -0.05) is 24.6 Å². The van der Waals surface area contributed by atoms with Crippen LogP contribution in [0.15, 0.2) is 47.4 Å². The number of hydrogen-bond donors (Lipinski definition) is 1. The highest BCUT2D eigenvalue weighted by atomic mass is 16.5. The van der Waals surface area contributed by atoms with Crippen molar-refractivity contribution in [2.24, 2.45) is 5.41 Å². The van der Waals surface area contributed by atoms with Gasteiger partial charge in [0.1, 0.15) is 12.4 Å². The molecule has 0 atom stereocenters. The minimum Gasteiger partial charge on any atom is -0.492 e. The van der Waals surface area contributed by atoms with E-state index in [4.69, 9.17) is 4.74 Å². The van der Waals surface area contributed by atoms with Crippen molar-refractivity contribution in [3.05, 3.63) is 64.1 Å². The maximum absolute atomic E-state index is 12.9. The van der Waals surface area contributed by atoms with Crippen LogP contribution in [-0.2, 0) is 6.42 Å². The Labute approximate surface area is 184 Å². The first-order valence-corrected chi connectivity index (χ1v) is 11.4. The standard InChI is InChI=1S/C25H33N3O3/c1-27-16-17-31-22-8-3-2-6-20(22)7-4-5-10-25(19-27)11-14-28(15-12-25)24(30)21-9-13-26-23(29)18-21/h2-3,6,8-9,13,18H,4-5,7,10-12,14-17,19H2,1H3,(H,26,29). The van der Waals surface area contributed by atoms with Crippen molar-refractivity contribution in [1.29, 1.82) is 0 Å². The molecule has 1 N–H and O–H groups in total. The summed E-state index contributed by atoms with van der Waals surface area (Å²) in [6.45, 7) is 4.12. The first kappa shape index (κ1) is 21.6. The Morgan fingerprint density at radius 3 is 2.68 bits per heavy atom. The van der Waals surface area contributed by atoms with Crippen LogP contribution in [0.2, 0.25) is 0 Å². The van der Waals surface area contributed by atoms with E-state index in [2.05, 4.69) is 35.1 Å². The lowest BCUT2D eigenvalue weighted by Gasteiger charge is -2.44. The smallest absolute Gasteiger partial charge is 0.254 e. The molecule has 166 valence electrons. The number of nitrogens with zero attached hydrogens (tertiary/aromatic N) is 2. The molecule has 0 saturated carbocycles. The quantitative estimate of drug-likeness (QED) is 0.764. The summed E-state index contributed by atoms with van der Waals surface area (Å²) < 4.78 is 6.09. The predicted molar refractivity (Wildman–Crippen MR) is 122 cm³/mol. The number of carbonyl (C=O) groups excluding carboxylic acids is 1. The summed E-state index contributed by atoms with van der Waals surface area (Å²) in [5.74, 6) is 0.991. The van der Waals surface area contributed by atoms with E-state index < -0.39 is 0 Å². The molecule has 0 bridgehead atoms. The molecule has 0 aliphatic carbocycles. The topological polar surface area (TPSA) is 65.6 Å². The van der Waals surface area contributed by atoms with Crippen LogP contribution in [-0.4, -0.2) is 60.5 Å². The molecule has 1 amide bonds. The highest BCUT2D eigenvalue weighted by molar-refractivity contribution is 5.94. The van der Waals surface area contributed by atoms with E-state index in [-0.39, 0.29) is 16.9 Å². The number of amides is 1. The monoisotopic (exact) mass is 423 g/mol. The summed E-state index contributed by atoms with van der Waals surface area (Å²) >= 11 is 0. The molecule has 1 spiro atoms. The molecule has 6 heteroatoms. The maximum atomic E-state index is 12.9. The number of likely N-dealkylation sites (tertiary alicyclic amines) is 1. The molecule has 2 aliphatic heterocycles. The largest absolute Gasteiger partial charge is 0.492 e. The van der Waals surface area contributed by atoms with Crippen LogP contribution in [0.1, 0.15) is 48.0 Å². The lowest BCUT2D eigenvalue weighted by Crippen LogP contribution is -2.48. The molecule has 6 nitrogen and oxygen atoms in total. The molecule has 1 saturated heterocycles. The van der Waals surface area contributed by atoms with Gasteiger partial charge in [0.05, 0.1) is 0 Å². The van der Waals surface area contributed by atoms with Crippen molar-refractivity contribution in [2.75, 3.05) is 39.8 Å². The number of nitrogens with one attached hydrogen (secondary N) is 1. The maximum Gasteiger partial charge on any atom is 0.254 e. The van der Waals surface area contributed by atoms with Crippen molar-refractivity contribution >= 4 is 5.91 Å². The van der Waals surface area contributed by atoms with Gasteiger partial charge in [0.15, 0.2) is 0 Å². The number of aromatic nitrogens is 1. The van der Waals surface area contributed by atoms with Crippen LogP contribution in [0, 0.1) is 5.41 Å². The van der Waals surface area contributed by atoms with Crippen molar-refractivity contribution in [3.8, 4) is 5.75 Å². The number of likely N-dealkylation sites (N-methyl/N-ethyl adjacent to an activating group) is 1. The van der Waals surface area contributed by atoms with Crippen LogP contribution in [0.5, 0.6) is 5.75 Å². The molecule has 31 heavy (non-hydrogen) atoms. The van der Waals surface area contributed by atoms with E-state index in [1.807, 2.05) is 11.0 Å². The summed E-state index contributed by atoms with van der Waals surface area (Å²) in [5.41, 5.74) is 1.78. The first-order chi connectivity index (χ1) is 15.0. The number of piperidine rings is 1. The normalized spacial score (nSPS) is 20.2. The second-order valence-electron chi connectivity index (χ2n) is 9.13. The van der Waals surface area contributed by atoms with Gasteiger partial charge in [-0.25, -0.2) is 0 Å². The van der Waals surface area contributed by atoms with E-state index in [0.29, 0.717) is 12.2 Å². The first-order valence-electron chi connectivity index (χ1n) is 11.4. The van der Waals surface area contributed by atoms with Crippen LogP contribution in [0.4, 0.5) is 0 Å². The number of hydrogen-bond acceptors (Lipinski definition) is 4. The van der Waals surface area contributed by atoms with Crippen molar-refractivity contribution in [2.45, 2.75) is 38.5 Å². The minimum absolute atomic E-state index is 0.0348. The second-order valence-corrected chi connectivity index (χ2v) is 9.13. The van der Waals surface area contributed by atoms with Crippen molar-refractivity contribution < 1.29 is 9.53 Å². The SMILES string of the molecule is CN1CCOc2ccccc2CCCCC2(CCN(C(=O)c3cc[nH]c(=O)c3)CC2)C1. The molecular weight excluding hydrogens is 390 g/mol. The average Bonchev–Trinajstić information content (AvgIpc) is 2.77. The molecular formula is C25H33N3O3. The highest BCUT2D eigenvalue weighted by Gasteiger charge is 2.36. The number of carbonyl (C=O) groups is 1. The van der Waals surface area contributed by atoms with E-state index in [0.717, 1.165) is 57.6 Å². The van der Waals surface area contributed by atoms with E-state index in [1.54, 1.807) is 12.3 Å². The Kier molecular flexibility index (Phi) is 6.76. The van der Waals surface area contributed by atoms with Gasteiger partial charge in [-0.3, -0.25) is 9.59 Å². The predicted octanol–water partition coefficient (Wildman–Crippen LogP) is 3.33. The van der Waals surface area contributed by atoms with Crippen molar-refractivity contribution in [3.63, 3.8) is 0 Å². The van der Waals surface area contributed by atoms with E-state index in [1.165, 1.54) is 24.5 Å². The minimum atomic E-state index is -0.232. The molecule has 2 aromatic rings. The molecule has 1 fully saturated rings. The van der Waals surface area contributed by atoms with Crippen molar-refractivity contribution in [1.82, 2.24) is 14.8 Å². The van der Waals surface area contributed by atoms with Gasteiger partial charge in [-0.2, -0.15) is 0 Å². The van der Waals surface area contributed by atoms with Gasteiger partial charge in [-0.15, -0.1) is 0 Å². The van der Waals surface area contributed by atoms with Gasteiger partial charge in [0.2, 0.25) is 5.56 Å². The van der Waals surface area contributed by atoms with Crippen LogP contribution in [0.25, 0.3) is 0 Å². The van der Waals surface area contributed by atoms with E-state index >= 15 is 0 Å². The third-order valence-corrected chi connectivity index (χ3v) is 6.85. The number of para-hydroxylation sites is 1. The third-order valence-electron chi connectivity index (χ3n) is 6.85. The van der Waals surface area contributed by atoms with Gasteiger partial charge in [0, 0.05) is 44.0 Å². The zero-order valence-corrected chi connectivity index (χ0v) is 18.4. The Morgan fingerprint density at radius 2 is 1.87 bits per heavy atom. The third kappa shape index (κ3) is 5.37. The number of benzene rings is 1. The molecule has 3 heterocycles. The highest BCUT2D eigenvalue weighted by Crippen LogP contribution is 2.38. The molecule has 0 unspecified atom stereocenters. The van der Waals surface area contributed by atoms with Crippen LogP contribution < -0.4 is 10.3 Å². The van der Waals surface area contributed by atoms with Crippen LogP contribution in [0.3, 0.4) is 0 Å². The molecule has 1 aromatic carbocycles. The summed E-state index contributed by atoms with van der Waals surface area (Å²) in [4.78, 5) is 31.3. The number of pyridine rings is 1. The Balaban J connectivity index is 1.41. The van der Waals surface area contributed by atoms with Gasteiger partial charge in [0.25, 0.3) is 5.91 Å². The number of H-pyrrole nitrogens is 1. The van der Waals surface area contributed by atoms with Gasteiger partial charge >= 0.3 is 0 Å². The average molecular weight is 424 g/mol. The Hall–Kier alpha value is -2.60. The number of ether oxygens (including phenoxy) is 1. The fourth-order valence-electron chi connectivity index (χ4n) is 5.06. The molecule has 4 rings (SSSR count). The van der Waals surface area contributed by atoms with Gasteiger partial charge in [-0.05, 0) is 62.3 Å². The fourth-order valence-corrected chi connectivity index (χ4v) is 5.06. The van der Waals surface area contributed by atoms with Gasteiger partial charge < -0.3 is 19.5 Å². The Morgan fingerprint density at radius 1 is 1.06 bits per heavy atom. The summed E-state index contributed by atoms with van der Waals surface area (Å²) in [5, 5.41) is 0. The summed E-state index contributed by atoms with van der Waals surface area (Å²) in [7, 11) is 2.18. The zero-order valence-electron chi connectivity index (χ0n) is 18.4. The summed E-state index contributed by atoms with van der Waals surface area (Å²) in [6.07, 6.45) is 8.13.